The molecular formula is C14H18F3N. The van der Waals surface area contributed by atoms with Gasteiger partial charge in [0.05, 0.1) is 5.56 Å². The number of hydrogen-bond acceptors (Lipinski definition) is 1. The molecule has 100 valence electrons. The number of likely N-dealkylation sites (tertiary alicyclic amines) is 1. The van der Waals surface area contributed by atoms with E-state index in [0.717, 1.165) is 24.9 Å². The fraction of sp³-hybridized carbons (Fsp3) is 0.571. The Morgan fingerprint density at radius 2 is 1.78 bits per heavy atom. The van der Waals surface area contributed by atoms with Crippen LogP contribution in [0, 0.1) is 0 Å². The Hall–Kier alpha value is -1.03. The van der Waals surface area contributed by atoms with Gasteiger partial charge in [-0.05, 0) is 50.9 Å². The molecule has 1 nitrogen and oxygen atoms in total. The first-order valence-electron chi connectivity index (χ1n) is 6.32. The first-order valence-corrected chi connectivity index (χ1v) is 6.32. The topological polar surface area (TPSA) is 3.24 Å². The van der Waals surface area contributed by atoms with E-state index >= 15 is 0 Å². The fourth-order valence-corrected chi connectivity index (χ4v) is 2.66. The molecule has 0 bridgehead atoms. The molecule has 18 heavy (non-hydrogen) atoms. The highest BCUT2D eigenvalue weighted by Gasteiger charge is 2.32. The Labute approximate surface area is 106 Å². The maximum absolute atomic E-state index is 12.5. The van der Waals surface area contributed by atoms with Gasteiger partial charge in [-0.1, -0.05) is 12.1 Å². The fourth-order valence-electron chi connectivity index (χ4n) is 2.66. The Morgan fingerprint density at radius 3 is 2.28 bits per heavy atom. The van der Waals surface area contributed by atoms with Crippen LogP contribution in [-0.4, -0.2) is 17.5 Å². The zero-order valence-corrected chi connectivity index (χ0v) is 10.7. The van der Waals surface area contributed by atoms with E-state index in [1.165, 1.54) is 12.1 Å². The van der Waals surface area contributed by atoms with Crippen LogP contribution in [-0.2, 0) is 6.18 Å². The third-order valence-corrected chi connectivity index (χ3v) is 3.58. The normalized spacial score (nSPS) is 21.8. The van der Waals surface area contributed by atoms with Gasteiger partial charge in [0.25, 0.3) is 0 Å². The Kier molecular flexibility index (Phi) is 3.66. The highest BCUT2D eigenvalue weighted by Crippen LogP contribution is 2.35. The van der Waals surface area contributed by atoms with Gasteiger partial charge in [0.15, 0.2) is 0 Å². The highest BCUT2D eigenvalue weighted by molar-refractivity contribution is 5.27. The van der Waals surface area contributed by atoms with Crippen molar-refractivity contribution in [1.82, 2.24) is 4.90 Å². The maximum Gasteiger partial charge on any atom is 0.416 e. The van der Waals surface area contributed by atoms with E-state index < -0.39 is 11.7 Å². The molecule has 1 fully saturated rings. The van der Waals surface area contributed by atoms with Crippen LogP contribution in [0.3, 0.4) is 0 Å². The summed E-state index contributed by atoms with van der Waals surface area (Å²) in [6.07, 6.45) is -2.10. The van der Waals surface area contributed by atoms with Gasteiger partial charge in [0, 0.05) is 12.1 Å². The molecule has 0 amide bonds. The molecule has 4 heteroatoms. The van der Waals surface area contributed by atoms with Crippen molar-refractivity contribution in [2.75, 3.05) is 6.54 Å². The minimum atomic E-state index is -4.24. The number of nitrogens with zero attached hydrogens (tertiary/aromatic N) is 1. The molecule has 1 aromatic carbocycles. The predicted octanol–water partition coefficient (Wildman–Crippen LogP) is 4.25. The van der Waals surface area contributed by atoms with Crippen molar-refractivity contribution in [3.63, 3.8) is 0 Å². The number of rotatable bonds is 2. The van der Waals surface area contributed by atoms with Crippen LogP contribution in [0.2, 0.25) is 0 Å². The average Bonchev–Trinajstić information content (AvgIpc) is 2.77. The number of hydrogen-bond donors (Lipinski definition) is 0. The van der Waals surface area contributed by atoms with Crippen molar-refractivity contribution >= 4 is 0 Å². The molecule has 0 aliphatic carbocycles. The first kappa shape index (κ1) is 13.4. The molecule has 0 saturated carbocycles. The molecule has 1 aliphatic heterocycles. The van der Waals surface area contributed by atoms with Gasteiger partial charge in [0.2, 0.25) is 0 Å². The van der Waals surface area contributed by atoms with E-state index in [1.54, 1.807) is 12.1 Å². The van der Waals surface area contributed by atoms with Crippen molar-refractivity contribution in [2.24, 2.45) is 0 Å². The van der Waals surface area contributed by atoms with Crippen LogP contribution in [0.15, 0.2) is 24.3 Å². The van der Waals surface area contributed by atoms with Crippen molar-refractivity contribution in [3.8, 4) is 0 Å². The predicted molar refractivity (Wildman–Crippen MR) is 65.3 cm³/mol. The van der Waals surface area contributed by atoms with Crippen LogP contribution < -0.4 is 0 Å². The van der Waals surface area contributed by atoms with E-state index in [0.29, 0.717) is 6.04 Å². The molecule has 0 radical (unpaired) electrons. The second-order valence-corrected chi connectivity index (χ2v) is 5.11. The molecule has 1 heterocycles. The van der Waals surface area contributed by atoms with Gasteiger partial charge < -0.3 is 0 Å². The molecule has 1 saturated heterocycles. The average molecular weight is 257 g/mol. The summed E-state index contributed by atoms with van der Waals surface area (Å²) >= 11 is 0. The smallest absolute Gasteiger partial charge is 0.294 e. The van der Waals surface area contributed by atoms with Crippen LogP contribution >= 0.6 is 0 Å². The molecule has 1 unspecified atom stereocenters. The number of alkyl halides is 3. The van der Waals surface area contributed by atoms with Gasteiger partial charge in [-0.3, -0.25) is 4.90 Å². The zero-order valence-electron chi connectivity index (χ0n) is 10.7. The molecule has 1 aromatic rings. The quantitative estimate of drug-likeness (QED) is 0.765. The van der Waals surface area contributed by atoms with E-state index in [1.807, 2.05) is 0 Å². The third kappa shape index (κ3) is 2.69. The minimum Gasteiger partial charge on any atom is -0.294 e. The molecular weight excluding hydrogens is 239 g/mol. The Morgan fingerprint density at radius 1 is 1.17 bits per heavy atom. The van der Waals surface area contributed by atoms with Crippen molar-refractivity contribution < 1.29 is 13.2 Å². The lowest BCUT2D eigenvalue weighted by molar-refractivity contribution is -0.137. The SMILES string of the molecule is CC(C)N1CCCC1c1ccc(C(F)(F)F)cc1. The molecule has 1 aliphatic rings. The molecule has 0 aromatic heterocycles. The summed E-state index contributed by atoms with van der Waals surface area (Å²) in [5.74, 6) is 0. The summed E-state index contributed by atoms with van der Waals surface area (Å²) in [4.78, 5) is 2.35. The van der Waals surface area contributed by atoms with Gasteiger partial charge in [-0.2, -0.15) is 13.2 Å². The number of benzene rings is 1. The lowest BCUT2D eigenvalue weighted by Crippen LogP contribution is -2.30. The zero-order chi connectivity index (χ0) is 13.3. The second-order valence-electron chi connectivity index (χ2n) is 5.11. The van der Waals surface area contributed by atoms with Gasteiger partial charge >= 0.3 is 6.18 Å². The van der Waals surface area contributed by atoms with E-state index in [9.17, 15) is 13.2 Å². The standard InChI is InChI=1S/C14H18F3N/c1-10(2)18-9-3-4-13(18)11-5-7-12(8-6-11)14(15,16)17/h5-8,10,13H,3-4,9H2,1-2H3. The van der Waals surface area contributed by atoms with Crippen molar-refractivity contribution in [3.05, 3.63) is 35.4 Å². The van der Waals surface area contributed by atoms with E-state index in [2.05, 4.69) is 18.7 Å². The van der Waals surface area contributed by atoms with Gasteiger partial charge in [-0.25, -0.2) is 0 Å². The monoisotopic (exact) mass is 257 g/mol. The molecule has 2 rings (SSSR count). The summed E-state index contributed by atoms with van der Waals surface area (Å²) in [5, 5.41) is 0. The minimum absolute atomic E-state index is 0.271. The summed E-state index contributed by atoms with van der Waals surface area (Å²) in [6, 6.07) is 6.31. The van der Waals surface area contributed by atoms with Crippen LogP contribution in [0.1, 0.15) is 43.9 Å². The summed E-state index contributed by atoms with van der Waals surface area (Å²) in [7, 11) is 0. The molecule has 0 spiro atoms. The summed E-state index contributed by atoms with van der Waals surface area (Å²) < 4.78 is 37.5. The Bertz CT molecular complexity index is 394. The second kappa shape index (κ2) is 4.92. The van der Waals surface area contributed by atoms with Crippen LogP contribution in [0.5, 0.6) is 0 Å². The van der Waals surface area contributed by atoms with Crippen molar-refractivity contribution in [1.29, 1.82) is 0 Å². The molecule has 0 N–H and O–H groups in total. The highest BCUT2D eigenvalue weighted by atomic mass is 19.4. The van der Waals surface area contributed by atoms with Crippen LogP contribution in [0.4, 0.5) is 13.2 Å². The van der Waals surface area contributed by atoms with Gasteiger partial charge in [-0.15, -0.1) is 0 Å². The lowest BCUT2D eigenvalue weighted by Gasteiger charge is -2.28. The van der Waals surface area contributed by atoms with Gasteiger partial charge in [0.1, 0.15) is 0 Å². The van der Waals surface area contributed by atoms with Crippen LogP contribution in [0.25, 0.3) is 0 Å². The summed E-state index contributed by atoms with van der Waals surface area (Å²) in [6.45, 7) is 5.29. The lowest BCUT2D eigenvalue weighted by atomic mass is 10.0. The van der Waals surface area contributed by atoms with Crippen molar-refractivity contribution in [2.45, 2.75) is 44.9 Å². The number of halogens is 3. The first-order chi connectivity index (χ1) is 8.39. The maximum atomic E-state index is 12.5. The molecule has 1 atom stereocenters. The summed E-state index contributed by atoms with van der Waals surface area (Å²) in [5.41, 5.74) is 0.426. The Balaban J connectivity index is 2.19. The van der Waals surface area contributed by atoms with E-state index in [-0.39, 0.29) is 6.04 Å². The largest absolute Gasteiger partial charge is 0.416 e. The third-order valence-electron chi connectivity index (χ3n) is 3.58. The van der Waals surface area contributed by atoms with E-state index in [4.69, 9.17) is 0 Å².